The van der Waals surface area contributed by atoms with Gasteiger partial charge < -0.3 is 46.4 Å². The second-order valence-corrected chi connectivity index (χ2v) is 23.4. The summed E-state index contributed by atoms with van der Waals surface area (Å²) in [6.45, 7) is 0. The third-order valence-electron chi connectivity index (χ3n) is 12.7. The maximum atomic E-state index is 5.61. The van der Waals surface area contributed by atoms with Gasteiger partial charge >= 0.3 is 37.7 Å². The van der Waals surface area contributed by atoms with Crippen LogP contribution in [0.1, 0.15) is 24.0 Å². The molecule has 3 heterocycles. The topological polar surface area (TPSA) is 97.3 Å². The molecule has 10 nitrogen and oxygen atoms in total. The van der Waals surface area contributed by atoms with Gasteiger partial charge in [-0.25, -0.2) is 0 Å². The third kappa shape index (κ3) is 16.7. The molecule has 9 aromatic rings. The summed E-state index contributed by atoms with van der Waals surface area (Å²) in [7, 11) is 4.78. The van der Waals surface area contributed by atoms with E-state index in [1.54, 1.807) is 55.1 Å². The van der Waals surface area contributed by atoms with E-state index in [9.17, 15) is 0 Å². The fraction of sp³-hybridized carbons (Fsp3) is 0.190. The van der Waals surface area contributed by atoms with Gasteiger partial charge in [-0.2, -0.15) is 0 Å². The van der Waals surface area contributed by atoms with Crippen molar-refractivity contribution in [2.75, 3.05) is 47.6 Å². The van der Waals surface area contributed by atoms with Gasteiger partial charge in [0.1, 0.15) is 0 Å². The summed E-state index contributed by atoms with van der Waals surface area (Å²) in [6.07, 6.45) is 9.02. The average molecular weight is 1220 g/mol. The Morgan fingerprint density at radius 2 is 0.750 bits per heavy atom. The van der Waals surface area contributed by atoms with Crippen LogP contribution in [0, 0.1) is 18.2 Å². The molecular weight excluding hydrogens is 1160 g/mol. The van der Waals surface area contributed by atoms with Gasteiger partial charge in [0.15, 0.2) is 0 Å². The van der Waals surface area contributed by atoms with E-state index in [-0.39, 0.29) is 20.1 Å². The molecule has 0 saturated carbocycles. The number of pyridine rings is 3. The second kappa shape index (κ2) is 30.8. The minimum Gasteiger partial charge on any atom is -0.377 e. The van der Waals surface area contributed by atoms with Crippen LogP contribution in [0.15, 0.2) is 213 Å². The molecule has 0 aliphatic rings. The van der Waals surface area contributed by atoms with Crippen LogP contribution < -0.4 is 4.90 Å². The van der Waals surface area contributed by atoms with E-state index in [0.29, 0.717) is 0 Å². The van der Waals surface area contributed by atoms with Crippen molar-refractivity contribution < 1.29 is 46.7 Å². The molecule has 76 heavy (non-hydrogen) atoms. The van der Waals surface area contributed by atoms with Gasteiger partial charge in [0.05, 0.1) is 0 Å². The average Bonchev–Trinajstić information content (AvgIpc) is 3.50. The van der Waals surface area contributed by atoms with Crippen molar-refractivity contribution in [2.24, 2.45) is 0 Å². The molecule has 0 N–H and O–H groups in total. The molecule has 0 radical (unpaired) electrons. The maximum absolute atomic E-state index is 5.61. The quantitative estimate of drug-likeness (QED) is 0.0511. The first-order chi connectivity index (χ1) is 36.8. The Morgan fingerprint density at radius 1 is 0.382 bits per heavy atom. The SMILES string of the molecule is CO[Si](CCCc1ccc(N(c2ccc(CCC[Si](OC)(OC)OC)cc2)c2ccc(-c3cc[c-]c(-c4ccccn4)c3)cc2)cc1)(OC)OC.[Ir+3].[c-]1ccccc1-c1ccccn1.[c-]1ccccc1-c1ccccn1. The largest absolute Gasteiger partial charge is 3.00 e. The Bertz CT molecular complexity index is 2760. The summed E-state index contributed by atoms with van der Waals surface area (Å²) in [6, 6.07) is 76.9. The van der Waals surface area contributed by atoms with E-state index in [2.05, 4.69) is 123 Å². The van der Waals surface area contributed by atoms with Crippen molar-refractivity contribution in [1.82, 2.24) is 15.0 Å². The molecule has 0 aliphatic heterocycles. The summed E-state index contributed by atoms with van der Waals surface area (Å²) < 4.78 is 33.7. The van der Waals surface area contributed by atoms with Crippen LogP contribution in [0.3, 0.4) is 0 Å². The van der Waals surface area contributed by atoms with E-state index in [1.165, 1.54) is 11.1 Å². The zero-order chi connectivity index (χ0) is 52.6. The van der Waals surface area contributed by atoms with Crippen LogP contribution in [0.4, 0.5) is 17.1 Å². The molecule has 3 aromatic heterocycles. The fourth-order valence-electron chi connectivity index (χ4n) is 8.47. The molecule has 390 valence electrons. The van der Waals surface area contributed by atoms with Crippen LogP contribution in [0.5, 0.6) is 0 Å². The minimum atomic E-state index is -2.60. The molecule has 13 heteroatoms. The summed E-state index contributed by atoms with van der Waals surface area (Å²) in [5, 5.41) is 0. The molecule has 6 aromatic carbocycles. The van der Waals surface area contributed by atoms with Crippen molar-refractivity contribution >= 4 is 34.7 Å². The predicted octanol–water partition coefficient (Wildman–Crippen LogP) is 14.4. The Kier molecular flexibility index (Phi) is 23.8. The van der Waals surface area contributed by atoms with Crippen molar-refractivity contribution in [3.63, 3.8) is 0 Å². The fourth-order valence-corrected chi connectivity index (χ4v) is 11.9. The van der Waals surface area contributed by atoms with Gasteiger partial charge in [0, 0.05) is 90.4 Å². The van der Waals surface area contributed by atoms with Gasteiger partial charge in [-0.15, -0.1) is 107 Å². The molecule has 0 atom stereocenters. The molecule has 9 rings (SSSR count). The van der Waals surface area contributed by atoms with Crippen molar-refractivity contribution in [3.8, 4) is 44.9 Å². The predicted molar refractivity (Wildman–Crippen MR) is 305 cm³/mol. The summed E-state index contributed by atoms with van der Waals surface area (Å²) in [5.41, 5.74) is 13.9. The van der Waals surface area contributed by atoms with E-state index in [0.717, 1.165) is 99.7 Å². The van der Waals surface area contributed by atoms with Gasteiger partial charge in [0.2, 0.25) is 0 Å². The van der Waals surface area contributed by atoms with E-state index in [1.807, 2.05) is 115 Å². The van der Waals surface area contributed by atoms with Gasteiger partial charge in [-0.05, 0) is 114 Å². The zero-order valence-electron chi connectivity index (χ0n) is 44.0. The Balaban J connectivity index is 0.000000302. The summed E-state index contributed by atoms with van der Waals surface area (Å²) >= 11 is 0. The zero-order valence-corrected chi connectivity index (χ0v) is 48.4. The molecule has 0 aliphatic carbocycles. The van der Waals surface area contributed by atoms with Gasteiger partial charge in [0.25, 0.3) is 0 Å². The number of nitrogens with zero attached hydrogens (tertiary/aromatic N) is 4. The number of hydrogen-bond acceptors (Lipinski definition) is 10. The monoisotopic (exact) mass is 1220 g/mol. The smallest absolute Gasteiger partial charge is 0.377 e. The van der Waals surface area contributed by atoms with Crippen LogP contribution in [0.2, 0.25) is 12.1 Å². The molecule has 0 saturated heterocycles. The van der Waals surface area contributed by atoms with Gasteiger partial charge in [-0.1, -0.05) is 72.8 Å². The molecule has 0 unspecified atom stereocenters. The Morgan fingerprint density at radius 3 is 1.11 bits per heavy atom. The first-order valence-electron chi connectivity index (χ1n) is 24.9. The number of rotatable bonds is 21. The molecule has 0 fully saturated rings. The summed E-state index contributed by atoms with van der Waals surface area (Å²) in [5.74, 6) is 0. The number of anilines is 3. The molecule has 0 amide bonds. The molecule has 0 bridgehead atoms. The van der Waals surface area contributed by atoms with Crippen LogP contribution in [0.25, 0.3) is 44.9 Å². The van der Waals surface area contributed by atoms with Crippen LogP contribution in [-0.2, 0) is 59.5 Å². The third-order valence-corrected chi connectivity index (χ3v) is 18.3. The van der Waals surface area contributed by atoms with E-state index < -0.39 is 17.6 Å². The number of hydrogen-bond donors (Lipinski definition) is 0. The van der Waals surface area contributed by atoms with Crippen LogP contribution >= 0.6 is 0 Å². The van der Waals surface area contributed by atoms with E-state index >= 15 is 0 Å². The Hall–Kier alpha value is -6.59. The first kappa shape index (κ1) is 58.7. The standard InChI is InChI=1S/C41H49N2O6Si2.2C11H8N.Ir/c1-44-50(45-2,46-3)30-10-12-33-17-23-38(24-18-33)43(39-25-19-34(20-26-39)13-11-31-51(47-4,48-5)49-6)40-27-21-35(22-28-40)36-14-9-15-37(32-36)41-16-7-8-29-42-41;2*1-2-6-10(7-3-1)11-8-4-5-9-12-11;/h7-9,14,16-29,32H,10-13,30-31H2,1-6H3;2*1-6,8-9H;/q3*-1;+3. The number of benzene rings is 6. The second-order valence-electron chi connectivity index (χ2n) is 17.2. The normalized spacial score (nSPS) is 11.0. The van der Waals surface area contributed by atoms with Crippen molar-refractivity contribution in [1.29, 1.82) is 0 Å². The van der Waals surface area contributed by atoms with Crippen molar-refractivity contribution in [2.45, 2.75) is 37.8 Å². The maximum Gasteiger partial charge on any atom is 3.00 e. The summed E-state index contributed by atoms with van der Waals surface area (Å²) in [4.78, 5) is 15.2. The Labute approximate surface area is 465 Å². The van der Waals surface area contributed by atoms with Crippen molar-refractivity contribution in [3.05, 3.63) is 242 Å². The van der Waals surface area contributed by atoms with Crippen LogP contribution in [-0.4, -0.2) is 75.2 Å². The van der Waals surface area contributed by atoms with Gasteiger partial charge in [-0.3, -0.25) is 0 Å². The van der Waals surface area contributed by atoms with E-state index in [4.69, 9.17) is 26.6 Å². The minimum absolute atomic E-state index is 0. The molecule has 0 spiro atoms. The molecular formula is C63H65IrN4O6Si2. The number of aryl methyl sites for hydroxylation is 2. The first-order valence-corrected chi connectivity index (χ1v) is 28.8. The number of aromatic nitrogens is 3.